The van der Waals surface area contributed by atoms with Gasteiger partial charge >= 0.3 is 0 Å². The lowest BCUT2D eigenvalue weighted by Gasteiger charge is -2.08. The average molecular weight is 232 g/mol. The Morgan fingerprint density at radius 1 is 1.47 bits per heavy atom. The van der Waals surface area contributed by atoms with E-state index in [9.17, 15) is 4.79 Å². The van der Waals surface area contributed by atoms with Crippen LogP contribution in [0, 0.1) is 0 Å². The third-order valence-electron chi connectivity index (χ3n) is 2.26. The summed E-state index contributed by atoms with van der Waals surface area (Å²) in [4.78, 5) is 11.9. The molecule has 0 aliphatic heterocycles. The molecule has 1 aromatic rings. The van der Waals surface area contributed by atoms with Crippen molar-refractivity contribution in [1.82, 2.24) is 5.32 Å². The molecule has 0 spiro atoms. The number of rotatable bonds is 4. The summed E-state index contributed by atoms with van der Waals surface area (Å²) in [5.41, 5.74) is 1.68. The summed E-state index contributed by atoms with van der Waals surface area (Å²) in [5.74, 6) is -0.205. The Kier molecular flexibility index (Phi) is 4.12. The van der Waals surface area contributed by atoms with Crippen molar-refractivity contribution in [2.24, 2.45) is 0 Å². The molecular formula is C12H18ClNO. The molecule has 0 saturated heterocycles. The molecule has 0 amide bonds. The molecule has 1 rings (SSSR count). The highest BCUT2D eigenvalue weighted by molar-refractivity contribution is 5.99. The van der Waals surface area contributed by atoms with Crippen LogP contribution >= 0.6 is 12.4 Å². The molecular weight excluding hydrogens is 211 g/mol. The summed E-state index contributed by atoms with van der Waals surface area (Å²) < 4.78 is 21.2. The maximum absolute atomic E-state index is 11.9. The van der Waals surface area contributed by atoms with E-state index < -0.39 is 13.0 Å². The van der Waals surface area contributed by atoms with Crippen LogP contribution in [0.5, 0.6) is 0 Å². The minimum absolute atomic E-state index is 0. The Morgan fingerprint density at radius 3 is 2.53 bits per heavy atom. The maximum Gasteiger partial charge on any atom is 0.179 e. The first-order valence-corrected chi connectivity index (χ1v) is 4.74. The molecule has 15 heavy (non-hydrogen) atoms. The first-order valence-electron chi connectivity index (χ1n) is 6.24. The van der Waals surface area contributed by atoms with Gasteiger partial charge in [-0.05, 0) is 25.9 Å². The number of carbonyl (C=O) groups is 1. The van der Waals surface area contributed by atoms with E-state index in [0.29, 0.717) is 5.56 Å². The Hall–Kier alpha value is -0.860. The van der Waals surface area contributed by atoms with Crippen molar-refractivity contribution in [3.05, 3.63) is 35.4 Å². The molecule has 1 atom stereocenters. The standard InChI is InChI=1S/C12H17NO.ClH/c1-4-10-5-7-11(8-6-10)12(14)9(2)13-3;/h5-9,13H,4H2,1-3H3;1H/i3+1D3;. The molecule has 2 nitrogen and oxygen atoms in total. The minimum atomic E-state index is -2.29. The molecule has 0 aliphatic rings. The van der Waals surface area contributed by atoms with E-state index in [1.807, 2.05) is 19.1 Å². The Morgan fingerprint density at radius 2 is 2.07 bits per heavy atom. The molecule has 0 saturated carbocycles. The third-order valence-corrected chi connectivity index (χ3v) is 2.26. The predicted molar refractivity (Wildman–Crippen MR) is 65.9 cm³/mol. The zero-order valence-corrected chi connectivity index (χ0v) is 9.73. The van der Waals surface area contributed by atoms with Gasteiger partial charge in [0.2, 0.25) is 0 Å². The predicted octanol–water partition coefficient (Wildman–Crippen LogP) is 2.46. The van der Waals surface area contributed by atoms with Gasteiger partial charge in [-0.15, -0.1) is 12.4 Å². The number of hydrogen-bond acceptors (Lipinski definition) is 2. The van der Waals surface area contributed by atoms with E-state index in [2.05, 4.69) is 5.32 Å². The van der Waals surface area contributed by atoms with Crippen molar-refractivity contribution in [1.29, 1.82) is 0 Å². The van der Waals surface area contributed by atoms with E-state index in [1.54, 1.807) is 19.1 Å². The summed E-state index contributed by atoms with van der Waals surface area (Å²) in [7, 11) is 0. The van der Waals surface area contributed by atoms with Gasteiger partial charge in [0.05, 0.1) is 6.04 Å². The second kappa shape index (κ2) is 6.59. The van der Waals surface area contributed by atoms with Crippen LogP contribution in [-0.2, 0) is 6.42 Å². The van der Waals surface area contributed by atoms with Crippen LogP contribution < -0.4 is 5.32 Å². The smallest absolute Gasteiger partial charge is 0.179 e. The number of halogens is 1. The largest absolute Gasteiger partial charge is 0.310 e. The Balaban J connectivity index is 0.00000289. The molecule has 0 heterocycles. The normalized spacial score (nSPS) is 15.5. The lowest BCUT2D eigenvalue weighted by molar-refractivity contribution is 0.0955. The summed E-state index contributed by atoms with van der Waals surface area (Å²) in [6, 6.07) is 6.53. The number of carbonyl (C=O) groups excluding carboxylic acids is 1. The molecule has 3 heteroatoms. The number of ketones is 1. The Labute approximate surface area is 102 Å². The molecule has 0 aromatic heterocycles. The van der Waals surface area contributed by atoms with Crippen molar-refractivity contribution in [3.63, 3.8) is 0 Å². The van der Waals surface area contributed by atoms with Gasteiger partial charge in [0.15, 0.2) is 5.78 Å². The number of benzene rings is 1. The topological polar surface area (TPSA) is 29.1 Å². The van der Waals surface area contributed by atoms with Crippen LogP contribution in [0.1, 0.15) is 33.9 Å². The van der Waals surface area contributed by atoms with Gasteiger partial charge in [0, 0.05) is 9.68 Å². The van der Waals surface area contributed by atoms with Crippen LogP contribution in [0.15, 0.2) is 24.3 Å². The van der Waals surface area contributed by atoms with Gasteiger partial charge in [-0.1, -0.05) is 31.2 Å². The van der Waals surface area contributed by atoms with E-state index >= 15 is 0 Å². The lowest BCUT2D eigenvalue weighted by atomic mass is 10.0. The summed E-state index contributed by atoms with van der Waals surface area (Å²) in [5, 5.41) is 2.30. The van der Waals surface area contributed by atoms with Gasteiger partial charge in [-0.2, -0.15) is 0 Å². The fraction of sp³-hybridized carbons (Fsp3) is 0.417. The highest BCUT2D eigenvalue weighted by atomic mass is 35.5. The summed E-state index contributed by atoms with van der Waals surface area (Å²) >= 11 is 0. The van der Waals surface area contributed by atoms with E-state index in [0.717, 1.165) is 12.0 Å². The van der Waals surface area contributed by atoms with Crippen molar-refractivity contribution in [2.75, 3.05) is 6.98 Å². The fourth-order valence-electron chi connectivity index (χ4n) is 1.22. The first kappa shape index (κ1) is 9.37. The quantitative estimate of drug-likeness (QED) is 0.637. The van der Waals surface area contributed by atoms with Gasteiger partial charge in [0.1, 0.15) is 0 Å². The number of nitrogens with one attached hydrogen (secondary N) is 1. The van der Waals surface area contributed by atoms with Crippen LogP contribution in [-0.4, -0.2) is 18.8 Å². The third kappa shape index (κ3) is 3.65. The number of likely N-dealkylation sites (N-methyl/N-ethyl adjacent to an activating group) is 1. The monoisotopic (exact) mass is 231 g/mol. The van der Waals surface area contributed by atoms with E-state index in [4.69, 9.17) is 4.11 Å². The molecule has 0 bridgehead atoms. The van der Waals surface area contributed by atoms with Crippen molar-refractivity contribution >= 4 is 18.2 Å². The maximum atomic E-state index is 11.9. The van der Waals surface area contributed by atoms with Gasteiger partial charge in [-0.25, -0.2) is 0 Å². The first-order chi connectivity index (χ1) is 7.83. The van der Waals surface area contributed by atoms with Crippen molar-refractivity contribution in [3.8, 4) is 0 Å². The summed E-state index contributed by atoms with van der Waals surface area (Å²) in [6.45, 7) is 1.30. The molecule has 1 aromatic carbocycles. The van der Waals surface area contributed by atoms with E-state index in [-0.39, 0.29) is 18.2 Å². The zero-order chi connectivity index (χ0) is 13.1. The molecule has 1 N–H and O–H groups in total. The van der Waals surface area contributed by atoms with Crippen LogP contribution in [0.25, 0.3) is 0 Å². The van der Waals surface area contributed by atoms with Crippen molar-refractivity contribution in [2.45, 2.75) is 26.3 Å². The van der Waals surface area contributed by atoms with E-state index in [1.165, 1.54) is 0 Å². The lowest BCUT2D eigenvalue weighted by Crippen LogP contribution is -2.30. The highest BCUT2D eigenvalue weighted by Crippen LogP contribution is 2.07. The zero-order valence-electron chi connectivity index (χ0n) is 11.9. The number of aryl methyl sites for hydroxylation is 1. The minimum Gasteiger partial charge on any atom is -0.310 e. The number of hydrogen-bond donors (Lipinski definition) is 1. The van der Waals surface area contributed by atoms with Crippen LogP contribution in [0.4, 0.5) is 0 Å². The molecule has 1 unspecified atom stereocenters. The molecule has 0 aliphatic carbocycles. The van der Waals surface area contributed by atoms with Gasteiger partial charge < -0.3 is 5.32 Å². The second-order valence-electron chi connectivity index (χ2n) is 3.28. The Bertz CT molecular complexity index is 389. The molecule has 0 fully saturated rings. The summed E-state index contributed by atoms with van der Waals surface area (Å²) in [6.07, 6.45) is 0.914. The van der Waals surface area contributed by atoms with Crippen LogP contribution in [0.3, 0.4) is 0 Å². The average Bonchev–Trinajstić information content (AvgIpc) is 2.26. The molecule has 84 valence electrons. The number of Topliss-reactive ketones (excluding diaryl/α,β-unsaturated/α-hetero) is 1. The molecule has 0 radical (unpaired) electrons. The van der Waals surface area contributed by atoms with Gasteiger partial charge in [0.25, 0.3) is 0 Å². The second-order valence-corrected chi connectivity index (χ2v) is 3.28. The fourth-order valence-corrected chi connectivity index (χ4v) is 1.22. The van der Waals surface area contributed by atoms with Crippen LogP contribution in [0.2, 0.25) is 0 Å². The highest BCUT2D eigenvalue weighted by Gasteiger charge is 2.12. The van der Waals surface area contributed by atoms with Gasteiger partial charge in [-0.3, -0.25) is 4.79 Å². The van der Waals surface area contributed by atoms with Crippen molar-refractivity contribution < 1.29 is 8.91 Å². The SMILES string of the molecule is Cl.[2H][13C]([2H])([2H])NC(C)C(=O)c1ccc(CC)cc1.